The van der Waals surface area contributed by atoms with E-state index in [-0.39, 0.29) is 17.5 Å². The third kappa shape index (κ3) is 4.59. The van der Waals surface area contributed by atoms with Crippen LogP contribution in [0.15, 0.2) is 60.7 Å². The number of rotatable bonds is 5. The zero-order chi connectivity index (χ0) is 22.0. The third-order valence-electron chi connectivity index (χ3n) is 5.48. The van der Waals surface area contributed by atoms with Gasteiger partial charge in [-0.25, -0.2) is 18.2 Å². The Balaban J connectivity index is 1.54. The van der Waals surface area contributed by atoms with Crippen molar-refractivity contribution in [2.45, 2.75) is 12.5 Å². The van der Waals surface area contributed by atoms with Crippen LogP contribution in [-0.2, 0) is 19.4 Å². The third-order valence-corrected chi connectivity index (χ3v) is 7.23. The summed E-state index contributed by atoms with van der Waals surface area (Å²) >= 11 is 0. The van der Waals surface area contributed by atoms with Crippen LogP contribution in [0.5, 0.6) is 0 Å². The van der Waals surface area contributed by atoms with E-state index in [2.05, 4.69) is 4.98 Å². The van der Waals surface area contributed by atoms with Gasteiger partial charge in [-0.05, 0) is 18.6 Å². The van der Waals surface area contributed by atoms with Crippen molar-refractivity contribution in [3.8, 4) is 11.3 Å². The number of likely N-dealkylation sites (N-methyl/N-ethyl adjacent to an activating group) is 1. The number of aromatic nitrogens is 1. The van der Waals surface area contributed by atoms with Gasteiger partial charge in [0.2, 0.25) is 0 Å². The van der Waals surface area contributed by atoms with E-state index in [4.69, 9.17) is 4.74 Å². The second kappa shape index (κ2) is 8.47. The molecule has 160 valence electrons. The zero-order valence-corrected chi connectivity index (χ0v) is 17.8. The molecule has 0 bridgehead atoms. The van der Waals surface area contributed by atoms with E-state index in [1.54, 1.807) is 12.1 Å². The summed E-state index contributed by atoms with van der Waals surface area (Å²) in [5.41, 5.74) is 2.46. The van der Waals surface area contributed by atoms with Gasteiger partial charge in [-0.1, -0.05) is 48.5 Å². The molecule has 1 saturated heterocycles. The van der Waals surface area contributed by atoms with E-state index in [0.717, 1.165) is 5.56 Å². The van der Waals surface area contributed by atoms with Crippen molar-refractivity contribution in [2.24, 2.45) is 0 Å². The van der Waals surface area contributed by atoms with Crippen molar-refractivity contribution in [1.82, 2.24) is 9.88 Å². The van der Waals surface area contributed by atoms with Gasteiger partial charge < -0.3 is 9.64 Å². The first kappa shape index (κ1) is 21.0. The minimum atomic E-state index is -3.11. The lowest BCUT2D eigenvalue weighted by atomic mass is 10.0. The fraction of sp³-hybridized carbons (Fsp3) is 0.261. The monoisotopic (exact) mass is 438 g/mol. The lowest BCUT2D eigenvalue weighted by Gasteiger charge is -2.23. The summed E-state index contributed by atoms with van der Waals surface area (Å²) in [6.45, 7) is -0.455. The first-order chi connectivity index (χ1) is 14.8. The number of ether oxygens (including phenoxy) is 1. The largest absolute Gasteiger partial charge is 0.452 e. The first-order valence-electron chi connectivity index (χ1n) is 9.92. The molecule has 0 saturated carbocycles. The van der Waals surface area contributed by atoms with Gasteiger partial charge in [0, 0.05) is 24.0 Å². The van der Waals surface area contributed by atoms with E-state index in [1.165, 1.54) is 11.9 Å². The topological polar surface area (TPSA) is 93.6 Å². The van der Waals surface area contributed by atoms with Gasteiger partial charge in [0.25, 0.3) is 5.91 Å². The number of nitrogens with zero attached hydrogens (tertiary/aromatic N) is 2. The van der Waals surface area contributed by atoms with Gasteiger partial charge in [0.05, 0.1) is 28.3 Å². The minimum Gasteiger partial charge on any atom is -0.452 e. The Kier molecular flexibility index (Phi) is 5.73. The number of sulfone groups is 1. The summed E-state index contributed by atoms with van der Waals surface area (Å²) in [5, 5.41) is 0.634. The molecular formula is C23H22N2O5S. The molecular weight excluding hydrogens is 416 g/mol. The van der Waals surface area contributed by atoms with Crippen LogP contribution in [0.25, 0.3) is 22.2 Å². The molecule has 1 aliphatic heterocycles. The molecule has 31 heavy (non-hydrogen) atoms. The molecule has 0 N–H and O–H groups in total. The van der Waals surface area contributed by atoms with Crippen LogP contribution >= 0.6 is 0 Å². The van der Waals surface area contributed by atoms with E-state index in [9.17, 15) is 18.0 Å². The Morgan fingerprint density at radius 3 is 2.52 bits per heavy atom. The van der Waals surface area contributed by atoms with E-state index < -0.39 is 28.3 Å². The molecule has 0 spiro atoms. The van der Waals surface area contributed by atoms with Crippen molar-refractivity contribution >= 4 is 32.6 Å². The molecule has 8 heteroatoms. The second-order valence-electron chi connectivity index (χ2n) is 7.58. The van der Waals surface area contributed by atoms with Crippen molar-refractivity contribution in [2.75, 3.05) is 25.2 Å². The number of benzene rings is 2. The van der Waals surface area contributed by atoms with Crippen LogP contribution in [0.3, 0.4) is 0 Å². The van der Waals surface area contributed by atoms with E-state index >= 15 is 0 Å². The number of fused-ring (bicyclic) bond motifs is 1. The van der Waals surface area contributed by atoms with Crippen molar-refractivity contribution in [3.63, 3.8) is 0 Å². The highest BCUT2D eigenvalue weighted by Crippen LogP contribution is 2.25. The fourth-order valence-corrected chi connectivity index (χ4v) is 5.47. The van der Waals surface area contributed by atoms with Crippen LogP contribution in [0, 0.1) is 0 Å². The highest BCUT2D eigenvalue weighted by atomic mass is 32.2. The predicted molar refractivity (Wildman–Crippen MR) is 117 cm³/mol. The Labute approximate surface area is 180 Å². The molecule has 1 amide bonds. The molecule has 1 aliphatic rings. The maximum absolute atomic E-state index is 12.9. The number of carbonyl (C=O) groups excluding carboxylic acids is 2. The summed E-state index contributed by atoms with van der Waals surface area (Å²) in [7, 11) is -1.57. The number of pyridine rings is 1. The van der Waals surface area contributed by atoms with Gasteiger partial charge in [-0.15, -0.1) is 0 Å². The summed E-state index contributed by atoms with van der Waals surface area (Å²) in [5.74, 6) is -1.05. The van der Waals surface area contributed by atoms with Crippen LogP contribution in [0.2, 0.25) is 0 Å². The average molecular weight is 439 g/mol. The number of para-hydroxylation sites is 1. The lowest BCUT2D eigenvalue weighted by Crippen LogP contribution is -2.40. The normalized spacial score (nSPS) is 17.4. The number of hydrogen-bond donors (Lipinski definition) is 0. The minimum absolute atomic E-state index is 0.0569. The van der Waals surface area contributed by atoms with Crippen molar-refractivity contribution < 1.29 is 22.7 Å². The molecule has 1 atom stereocenters. The van der Waals surface area contributed by atoms with Crippen molar-refractivity contribution in [1.29, 1.82) is 0 Å². The SMILES string of the molecule is CN(C(=O)COC(=O)c1cc(-c2ccccc2)nc2ccccc12)[C@H]1CCS(=O)(=O)C1. The molecule has 3 aromatic rings. The van der Waals surface area contributed by atoms with E-state index in [1.807, 2.05) is 48.5 Å². The molecule has 1 fully saturated rings. The molecule has 7 nitrogen and oxygen atoms in total. The maximum atomic E-state index is 12.9. The Morgan fingerprint density at radius 1 is 1.10 bits per heavy atom. The fourth-order valence-electron chi connectivity index (χ4n) is 3.69. The summed E-state index contributed by atoms with van der Waals surface area (Å²) in [4.78, 5) is 31.3. The van der Waals surface area contributed by atoms with Crippen LogP contribution in [0.1, 0.15) is 16.8 Å². The molecule has 0 radical (unpaired) electrons. The number of esters is 1. The Morgan fingerprint density at radius 2 is 1.81 bits per heavy atom. The quantitative estimate of drug-likeness (QED) is 0.569. The lowest BCUT2D eigenvalue weighted by molar-refractivity contribution is -0.134. The molecule has 0 unspecified atom stereocenters. The summed E-state index contributed by atoms with van der Waals surface area (Å²) in [6.07, 6.45) is 0.397. The highest BCUT2D eigenvalue weighted by Gasteiger charge is 2.33. The van der Waals surface area contributed by atoms with Gasteiger partial charge in [0.15, 0.2) is 16.4 Å². The predicted octanol–water partition coefficient (Wildman–Crippen LogP) is 2.70. The number of carbonyl (C=O) groups is 2. The standard InChI is InChI=1S/C23H22N2O5S/c1-25(17-11-12-31(28,29)15-17)22(26)14-30-23(27)19-13-21(16-7-3-2-4-8-16)24-20-10-6-5-9-18(19)20/h2-10,13,17H,11-12,14-15H2,1H3/t17-/m0/s1. The number of hydrogen-bond acceptors (Lipinski definition) is 6. The molecule has 2 aromatic carbocycles. The highest BCUT2D eigenvalue weighted by molar-refractivity contribution is 7.91. The first-order valence-corrected chi connectivity index (χ1v) is 11.7. The van der Waals surface area contributed by atoms with Crippen LogP contribution in [0.4, 0.5) is 0 Å². The molecule has 1 aromatic heterocycles. The van der Waals surface area contributed by atoms with Gasteiger partial charge >= 0.3 is 5.97 Å². The average Bonchev–Trinajstić information content (AvgIpc) is 3.16. The summed E-state index contributed by atoms with van der Waals surface area (Å²) < 4.78 is 28.6. The molecule has 0 aliphatic carbocycles. The van der Waals surface area contributed by atoms with Gasteiger partial charge in [-0.2, -0.15) is 0 Å². The van der Waals surface area contributed by atoms with Crippen LogP contribution in [-0.4, -0.2) is 61.4 Å². The Bertz CT molecular complexity index is 1240. The smallest absolute Gasteiger partial charge is 0.339 e. The number of amides is 1. The van der Waals surface area contributed by atoms with E-state index in [0.29, 0.717) is 28.6 Å². The maximum Gasteiger partial charge on any atom is 0.339 e. The molecule has 4 rings (SSSR count). The van der Waals surface area contributed by atoms with Crippen LogP contribution < -0.4 is 0 Å². The Hall–Kier alpha value is -3.26. The van der Waals surface area contributed by atoms with Gasteiger partial charge in [-0.3, -0.25) is 4.79 Å². The second-order valence-corrected chi connectivity index (χ2v) is 9.80. The summed E-state index contributed by atoms with van der Waals surface area (Å²) in [6, 6.07) is 18.0. The molecule has 2 heterocycles. The van der Waals surface area contributed by atoms with Gasteiger partial charge in [0.1, 0.15) is 0 Å². The zero-order valence-electron chi connectivity index (χ0n) is 17.0. The van der Waals surface area contributed by atoms with Crippen molar-refractivity contribution in [3.05, 3.63) is 66.2 Å².